The Balaban J connectivity index is 1.69. The molecule has 2 heterocycles. The molecule has 0 saturated carbocycles. The van der Waals surface area contributed by atoms with Gasteiger partial charge >= 0.3 is 17.8 Å². The molecule has 1 aromatic heterocycles. The molecule has 17 nitrogen and oxygen atoms in total. The molecule has 0 bridgehead atoms. The number of aliphatic hydroxyl groups excluding tert-OH is 1. The molecule has 2 unspecified atom stereocenters. The third-order valence-corrected chi connectivity index (χ3v) is 22.4. The summed E-state index contributed by atoms with van der Waals surface area (Å²) in [4.78, 5) is 68.6. The highest BCUT2D eigenvalue weighted by atomic mass is 28.4. The lowest BCUT2D eigenvalue weighted by atomic mass is 9.99. The number of nitrogens with zero attached hydrogens (tertiary/aromatic N) is 2. The van der Waals surface area contributed by atoms with Gasteiger partial charge in [-0.2, -0.15) is 0 Å². The number of methoxy groups -OCH3 is 1. The average molecular weight is 1030 g/mol. The summed E-state index contributed by atoms with van der Waals surface area (Å²) < 4.78 is 40.4. The van der Waals surface area contributed by atoms with Crippen molar-refractivity contribution in [1.29, 1.82) is 0 Å². The van der Waals surface area contributed by atoms with Crippen molar-refractivity contribution in [1.82, 2.24) is 25.1 Å². The van der Waals surface area contributed by atoms with Crippen LogP contribution in [0.5, 0.6) is 5.75 Å². The van der Waals surface area contributed by atoms with Crippen molar-refractivity contribution in [2.45, 2.75) is 187 Å². The second kappa shape index (κ2) is 24.4. The van der Waals surface area contributed by atoms with Crippen molar-refractivity contribution in [3.63, 3.8) is 0 Å². The number of alkyl carbamates (subject to hydrolysis) is 1. The van der Waals surface area contributed by atoms with Gasteiger partial charge in [-0.15, -0.1) is 0 Å². The topological polar surface area (TPSA) is 207 Å². The van der Waals surface area contributed by atoms with Gasteiger partial charge in [0.05, 0.1) is 13.7 Å². The van der Waals surface area contributed by atoms with E-state index in [1.54, 1.807) is 52.1 Å². The molecule has 3 aromatic rings. The Morgan fingerprint density at radius 3 is 1.94 bits per heavy atom. The van der Waals surface area contributed by atoms with Crippen molar-refractivity contribution >= 4 is 34.6 Å². The summed E-state index contributed by atoms with van der Waals surface area (Å²) in [5.41, 5.74) is -0.630. The van der Waals surface area contributed by atoms with E-state index in [2.05, 4.69) is 83.7 Å². The molecule has 19 heteroatoms. The summed E-state index contributed by atoms with van der Waals surface area (Å²) >= 11 is 0. The number of nitrogens with one attached hydrogen (secondary N) is 3. The molecular formula is C52H83N5O12Si2. The lowest BCUT2D eigenvalue weighted by Gasteiger charge is -2.44. The average Bonchev–Trinajstić information content (AvgIpc) is 3.59. The van der Waals surface area contributed by atoms with E-state index in [0.717, 1.165) is 10.1 Å². The fraction of sp³-hybridized carbons (Fsp3) is 0.635. The predicted octanol–water partition coefficient (Wildman–Crippen LogP) is 7.25. The quantitative estimate of drug-likeness (QED) is 0.0445. The zero-order valence-electron chi connectivity index (χ0n) is 45.0. The SMILES string of the molecule is COc1ccc(Cn2c(=O)ccn([C@@H]3O[C@H]([C@H](O)[C@H](NCCCNC(=O)[C@H](CC(C)C)NC(=O)OCc4ccccc4)C(=O)OC(C)(C)C)C(O[Si](C)(C)C(C)(C)C)C3O[Si](C)(C)C(C)(C)C)c2=O)cc1. The Morgan fingerprint density at radius 1 is 0.803 bits per heavy atom. The highest BCUT2D eigenvalue weighted by Gasteiger charge is 2.58. The van der Waals surface area contributed by atoms with Crippen LogP contribution >= 0.6 is 0 Å². The van der Waals surface area contributed by atoms with Gasteiger partial charge in [-0.25, -0.2) is 9.59 Å². The summed E-state index contributed by atoms with van der Waals surface area (Å²) in [6.07, 6.45) is -4.78. The van der Waals surface area contributed by atoms with E-state index in [4.69, 9.17) is 27.8 Å². The van der Waals surface area contributed by atoms with Gasteiger partial charge in [0.25, 0.3) is 5.56 Å². The summed E-state index contributed by atoms with van der Waals surface area (Å²) in [6.45, 7) is 30.2. The molecule has 4 rings (SSSR count). The number of aromatic nitrogens is 2. The van der Waals surface area contributed by atoms with E-state index in [0.29, 0.717) is 24.2 Å². The van der Waals surface area contributed by atoms with E-state index in [-0.39, 0.29) is 42.2 Å². The molecule has 2 aromatic carbocycles. The van der Waals surface area contributed by atoms with Crippen LogP contribution in [-0.2, 0) is 45.8 Å². The number of hydrogen-bond donors (Lipinski definition) is 4. The summed E-state index contributed by atoms with van der Waals surface area (Å²) in [5, 5.41) is 20.9. The predicted molar refractivity (Wildman–Crippen MR) is 279 cm³/mol. The van der Waals surface area contributed by atoms with Crippen LogP contribution in [0.1, 0.15) is 106 Å². The van der Waals surface area contributed by atoms with E-state index in [1.165, 1.54) is 16.8 Å². The van der Waals surface area contributed by atoms with Crippen LogP contribution in [0.25, 0.3) is 0 Å². The molecule has 0 aliphatic carbocycles. The molecule has 2 amide bonds. The Hall–Kier alpha value is -4.64. The summed E-state index contributed by atoms with van der Waals surface area (Å²) in [5.74, 6) is -0.446. The van der Waals surface area contributed by atoms with Crippen LogP contribution in [0, 0.1) is 5.92 Å². The maximum absolute atomic E-state index is 14.7. The van der Waals surface area contributed by atoms with Crippen molar-refractivity contribution in [3.05, 3.63) is 98.8 Å². The maximum Gasteiger partial charge on any atom is 0.408 e. The number of carbonyl (C=O) groups is 3. The molecule has 1 saturated heterocycles. The van der Waals surface area contributed by atoms with Crippen molar-refractivity contribution in [2.24, 2.45) is 5.92 Å². The van der Waals surface area contributed by atoms with Gasteiger partial charge in [0.15, 0.2) is 22.9 Å². The minimum absolute atomic E-state index is 0.0415. The fourth-order valence-electron chi connectivity index (χ4n) is 7.43. The normalized spacial score (nSPS) is 19.2. The third kappa shape index (κ3) is 16.4. The smallest absolute Gasteiger partial charge is 0.408 e. The minimum Gasteiger partial charge on any atom is -0.497 e. The molecule has 0 spiro atoms. The minimum atomic E-state index is -2.76. The van der Waals surface area contributed by atoms with Gasteiger partial charge in [0.2, 0.25) is 5.91 Å². The monoisotopic (exact) mass is 1030 g/mol. The molecule has 1 aliphatic heterocycles. The number of rotatable bonds is 22. The number of ether oxygens (including phenoxy) is 4. The van der Waals surface area contributed by atoms with Gasteiger partial charge < -0.3 is 48.9 Å². The van der Waals surface area contributed by atoms with Crippen LogP contribution in [-0.4, -0.2) is 111 Å². The van der Waals surface area contributed by atoms with E-state index in [1.807, 2.05) is 44.2 Å². The number of benzene rings is 2. The lowest BCUT2D eigenvalue weighted by Crippen LogP contribution is -2.59. The first-order chi connectivity index (χ1) is 32.9. The molecule has 1 aliphatic rings. The first-order valence-electron chi connectivity index (χ1n) is 24.7. The maximum atomic E-state index is 14.7. The van der Waals surface area contributed by atoms with Crippen LogP contribution < -0.4 is 31.9 Å². The molecule has 71 heavy (non-hydrogen) atoms. The Morgan fingerprint density at radius 2 is 1.39 bits per heavy atom. The van der Waals surface area contributed by atoms with E-state index < -0.39 is 94.2 Å². The van der Waals surface area contributed by atoms with Crippen LogP contribution in [0.4, 0.5) is 4.79 Å². The van der Waals surface area contributed by atoms with Gasteiger partial charge in [-0.3, -0.25) is 23.5 Å². The number of aliphatic hydroxyl groups is 1. The van der Waals surface area contributed by atoms with Crippen LogP contribution in [0.2, 0.25) is 36.3 Å². The molecular weight excluding hydrogens is 943 g/mol. The second-order valence-corrected chi connectivity index (χ2v) is 32.5. The summed E-state index contributed by atoms with van der Waals surface area (Å²) in [7, 11) is -3.95. The Labute approximate surface area is 422 Å². The molecule has 0 radical (unpaired) electrons. The third-order valence-electron chi connectivity index (χ3n) is 13.5. The van der Waals surface area contributed by atoms with Gasteiger partial charge in [-0.05, 0) is 106 Å². The van der Waals surface area contributed by atoms with E-state index in [9.17, 15) is 29.1 Å². The van der Waals surface area contributed by atoms with Gasteiger partial charge in [0.1, 0.15) is 54.5 Å². The number of esters is 1. The van der Waals surface area contributed by atoms with Crippen LogP contribution in [0.3, 0.4) is 0 Å². The number of carbonyl (C=O) groups excluding carboxylic acids is 3. The van der Waals surface area contributed by atoms with Crippen molar-refractivity contribution < 1.29 is 47.3 Å². The highest BCUT2D eigenvalue weighted by molar-refractivity contribution is 6.74. The first kappa shape index (κ1) is 58.9. The zero-order valence-corrected chi connectivity index (χ0v) is 47.0. The fourth-order valence-corrected chi connectivity index (χ4v) is 10.0. The van der Waals surface area contributed by atoms with Crippen molar-refractivity contribution in [2.75, 3.05) is 20.2 Å². The highest BCUT2D eigenvalue weighted by Crippen LogP contribution is 2.46. The van der Waals surface area contributed by atoms with Crippen molar-refractivity contribution in [3.8, 4) is 5.75 Å². The zero-order chi connectivity index (χ0) is 53.3. The Bertz CT molecular complexity index is 2340. The molecule has 396 valence electrons. The number of hydrogen-bond acceptors (Lipinski definition) is 13. The second-order valence-electron chi connectivity index (χ2n) is 22.9. The molecule has 7 atom stereocenters. The Kier molecular flexibility index (Phi) is 20.2. The first-order valence-corrected chi connectivity index (χ1v) is 30.5. The standard InChI is InChI=1S/C52H83N5O12Si2/c1-34(2)31-38(55-48(62)65-33-36-21-18-17-19-22-36)45(60)54-29-20-28-53-40(47(61)67-50(3,4)5)41(59)42-43(68-70(13,14)51(6,7)8)44(69-71(15,16)52(9,10)11)46(66-42)56-30-27-39(58)57(49(56)63)32-35-23-25-37(64-12)26-24-35/h17-19,21-27,30,34,38,40-44,46,53,59H,20,28-29,31-33H2,1-16H3,(H,54,60)(H,55,62)/t38-,40-,41+,42+,43?,44?,46+/m0/s1. The lowest BCUT2D eigenvalue weighted by molar-refractivity contribution is -0.166. The molecule has 4 N–H and O–H groups in total. The largest absolute Gasteiger partial charge is 0.497 e. The van der Waals surface area contributed by atoms with Crippen LogP contribution in [0.15, 0.2) is 76.4 Å². The van der Waals surface area contributed by atoms with Gasteiger partial charge in [0, 0.05) is 18.8 Å². The number of amides is 2. The molecule has 1 fully saturated rings. The summed E-state index contributed by atoms with van der Waals surface area (Å²) in [6, 6.07) is 15.3. The van der Waals surface area contributed by atoms with E-state index >= 15 is 0 Å². The van der Waals surface area contributed by atoms with Gasteiger partial charge in [-0.1, -0.05) is 97.9 Å².